The summed E-state index contributed by atoms with van der Waals surface area (Å²) in [5.74, 6) is 0.447. The van der Waals surface area contributed by atoms with Crippen LogP contribution in [0.25, 0.3) is 86.9 Å². The highest BCUT2D eigenvalue weighted by Crippen LogP contribution is 2.67. The molecule has 12 aromatic rings. The lowest BCUT2D eigenvalue weighted by Crippen LogP contribution is -2.50. The smallest absolute Gasteiger partial charge is 0.296 e. The first-order chi connectivity index (χ1) is 29.7. The SMILES string of the molecule is c1ccc(C23Oc4cc(-c5ccc6ccc7cccc8ccc5c6c78)ccc4C2(c2ccccc2)c2ccc(-c4ccc5ccc6cccc7ccc4c5c67)cc2O3)cc1. The number of hydrogen-bond donors (Lipinski definition) is 0. The largest absolute Gasteiger partial charge is 0.446 e. The number of fused-ring (bicyclic) bond motifs is 5. The van der Waals surface area contributed by atoms with Crippen LogP contribution in [0, 0.1) is 0 Å². The molecule has 2 nitrogen and oxygen atoms in total. The number of benzene rings is 12. The van der Waals surface area contributed by atoms with Gasteiger partial charge in [-0.15, -0.1) is 0 Å². The Kier molecular flexibility index (Phi) is 6.19. The van der Waals surface area contributed by atoms with E-state index in [2.05, 4.69) is 206 Å². The van der Waals surface area contributed by atoms with E-state index in [0.717, 1.165) is 44.9 Å². The zero-order valence-corrected chi connectivity index (χ0v) is 32.4. The molecule has 0 unspecified atom stereocenters. The predicted octanol–water partition coefficient (Wildman–Crippen LogP) is 14.8. The summed E-state index contributed by atoms with van der Waals surface area (Å²) in [6, 6.07) is 75.4. The molecule has 0 amide bonds. The van der Waals surface area contributed by atoms with Crippen LogP contribution in [0.3, 0.4) is 0 Å². The van der Waals surface area contributed by atoms with Crippen molar-refractivity contribution in [1.82, 2.24) is 0 Å². The molecular weight excluding hydrogens is 729 g/mol. The van der Waals surface area contributed by atoms with Gasteiger partial charge in [-0.05, 0) is 105 Å². The predicted molar refractivity (Wildman–Crippen MR) is 247 cm³/mol. The van der Waals surface area contributed by atoms with Gasteiger partial charge in [0.1, 0.15) is 16.9 Å². The fourth-order valence-electron chi connectivity index (χ4n) is 11.3. The molecule has 0 saturated carbocycles. The summed E-state index contributed by atoms with van der Waals surface area (Å²) < 4.78 is 15.0. The van der Waals surface area contributed by atoms with Gasteiger partial charge in [0.25, 0.3) is 5.79 Å². The van der Waals surface area contributed by atoms with Crippen LogP contribution < -0.4 is 9.47 Å². The molecule has 12 aromatic carbocycles. The maximum atomic E-state index is 7.50. The van der Waals surface area contributed by atoms with Crippen molar-refractivity contribution in [2.75, 3.05) is 0 Å². The molecule has 0 N–H and O–H groups in total. The van der Waals surface area contributed by atoms with Gasteiger partial charge < -0.3 is 9.47 Å². The highest BCUT2D eigenvalue weighted by molar-refractivity contribution is 6.26. The minimum atomic E-state index is -1.21. The Hall–Kier alpha value is -7.68. The fourth-order valence-corrected chi connectivity index (χ4v) is 11.3. The van der Waals surface area contributed by atoms with E-state index in [-0.39, 0.29) is 0 Å². The first-order valence-corrected chi connectivity index (χ1v) is 20.8. The van der Waals surface area contributed by atoms with Crippen LogP contribution in [0.4, 0.5) is 0 Å². The van der Waals surface area contributed by atoms with E-state index >= 15 is 0 Å². The van der Waals surface area contributed by atoms with Gasteiger partial charge in [-0.3, -0.25) is 0 Å². The summed E-state index contributed by atoms with van der Waals surface area (Å²) in [7, 11) is 0. The van der Waals surface area contributed by atoms with Gasteiger partial charge in [-0.1, -0.05) is 194 Å². The van der Waals surface area contributed by atoms with Gasteiger partial charge in [0.05, 0.1) is 0 Å². The van der Waals surface area contributed by atoms with E-state index in [1.165, 1.54) is 75.8 Å². The summed E-state index contributed by atoms with van der Waals surface area (Å²) in [5.41, 5.74) is 8.07. The summed E-state index contributed by atoms with van der Waals surface area (Å²) in [6.45, 7) is 0. The zero-order chi connectivity index (χ0) is 39.2. The Morgan fingerprint density at radius 2 is 0.700 bits per heavy atom. The first kappa shape index (κ1) is 32.3. The molecule has 2 heteroatoms. The lowest BCUT2D eigenvalue weighted by atomic mass is 9.64. The molecule has 0 radical (unpaired) electrons. The van der Waals surface area contributed by atoms with Crippen LogP contribution in [-0.4, -0.2) is 0 Å². The first-order valence-electron chi connectivity index (χ1n) is 20.8. The van der Waals surface area contributed by atoms with Crippen LogP contribution in [0.5, 0.6) is 11.5 Å². The number of ether oxygens (including phenoxy) is 2. The third-order valence-electron chi connectivity index (χ3n) is 13.8. The van der Waals surface area contributed by atoms with Gasteiger partial charge in [0.15, 0.2) is 0 Å². The third kappa shape index (κ3) is 3.98. The minimum absolute atomic E-state index is 0.803. The highest BCUT2D eigenvalue weighted by atomic mass is 16.7. The van der Waals surface area contributed by atoms with Crippen LogP contribution in [0.2, 0.25) is 0 Å². The Morgan fingerprint density at radius 3 is 1.17 bits per heavy atom. The van der Waals surface area contributed by atoms with E-state index in [1.807, 2.05) is 0 Å². The Balaban J connectivity index is 1.00. The van der Waals surface area contributed by atoms with Crippen molar-refractivity contribution in [3.05, 3.63) is 229 Å². The van der Waals surface area contributed by atoms with Crippen LogP contribution in [0.15, 0.2) is 206 Å². The molecular formula is C58H34O2. The second-order valence-electron chi connectivity index (χ2n) is 16.7. The molecule has 60 heavy (non-hydrogen) atoms. The molecule has 0 aliphatic carbocycles. The third-order valence-corrected chi connectivity index (χ3v) is 13.8. The van der Waals surface area contributed by atoms with Gasteiger partial charge >= 0.3 is 0 Å². The Bertz CT molecular complexity index is 3480. The zero-order valence-electron chi connectivity index (χ0n) is 32.4. The topological polar surface area (TPSA) is 18.5 Å². The second kappa shape index (κ2) is 11.5. The van der Waals surface area contributed by atoms with Gasteiger partial charge in [0, 0.05) is 16.7 Å². The van der Waals surface area contributed by atoms with Crippen molar-refractivity contribution in [1.29, 1.82) is 0 Å². The maximum Gasteiger partial charge on any atom is 0.296 e. The van der Waals surface area contributed by atoms with E-state index in [9.17, 15) is 0 Å². The molecule has 278 valence electrons. The summed E-state index contributed by atoms with van der Waals surface area (Å²) >= 11 is 0. The van der Waals surface area contributed by atoms with Crippen molar-refractivity contribution < 1.29 is 9.47 Å². The van der Waals surface area contributed by atoms with Gasteiger partial charge in [0.2, 0.25) is 0 Å². The molecule has 0 saturated heterocycles. The summed E-state index contributed by atoms with van der Waals surface area (Å²) in [6.07, 6.45) is 0. The number of rotatable bonds is 4. The number of hydrogen-bond acceptors (Lipinski definition) is 2. The molecule has 0 spiro atoms. The molecule has 0 aromatic heterocycles. The van der Waals surface area contributed by atoms with E-state index < -0.39 is 11.2 Å². The molecule has 2 aliphatic heterocycles. The molecule has 0 bridgehead atoms. The lowest BCUT2D eigenvalue weighted by molar-refractivity contribution is -0.119. The second-order valence-corrected chi connectivity index (χ2v) is 16.7. The van der Waals surface area contributed by atoms with E-state index in [1.54, 1.807) is 0 Å². The molecule has 2 aliphatic rings. The monoisotopic (exact) mass is 762 g/mol. The van der Waals surface area contributed by atoms with Crippen molar-refractivity contribution in [3.63, 3.8) is 0 Å². The fraction of sp³-hybridized carbons (Fsp3) is 0.0345. The average molecular weight is 763 g/mol. The Labute approximate surface area is 346 Å². The quantitative estimate of drug-likeness (QED) is 0.166. The molecule has 0 fully saturated rings. The normalized spacial score (nSPS) is 18.1. The molecule has 2 heterocycles. The maximum absolute atomic E-state index is 7.50. The molecule has 0 atom stereocenters. The average Bonchev–Trinajstić information content (AvgIpc) is 3.77. The standard InChI is InChI=1S/C58H34O2/c1-3-13-43(14-4-1)57-49-31-25-41(45-27-21-39-19-17-35-9-7-11-37-23-29-47(45)55(39)53(35)37)33-51(49)59-58(57,44-15-5-2-6-16-44)60-52-34-42(26-32-50(52)57)46-28-22-40-20-18-36-10-8-12-38-24-30-48(46)56(40)54(36)38/h1-34H. The van der Waals surface area contributed by atoms with Gasteiger partial charge in [-0.2, -0.15) is 0 Å². The van der Waals surface area contributed by atoms with Crippen molar-refractivity contribution >= 4 is 64.6 Å². The van der Waals surface area contributed by atoms with Crippen LogP contribution in [-0.2, 0) is 11.2 Å². The summed E-state index contributed by atoms with van der Waals surface area (Å²) in [4.78, 5) is 0. The van der Waals surface area contributed by atoms with Gasteiger partial charge in [-0.25, -0.2) is 0 Å². The Morgan fingerprint density at radius 1 is 0.300 bits per heavy atom. The van der Waals surface area contributed by atoms with E-state index in [0.29, 0.717) is 0 Å². The van der Waals surface area contributed by atoms with Crippen LogP contribution in [0.1, 0.15) is 22.3 Å². The van der Waals surface area contributed by atoms with Crippen molar-refractivity contribution in [2.24, 2.45) is 0 Å². The van der Waals surface area contributed by atoms with Crippen molar-refractivity contribution in [2.45, 2.75) is 11.2 Å². The summed E-state index contributed by atoms with van der Waals surface area (Å²) in [5, 5.41) is 15.3. The highest BCUT2D eigenvalue weighted by Gasteiger charge is 2.70. The van der Waals surface area contributed by atoms with E-state index in [4.69, 9.17) is 9.47 Å². The lowest BCUT2D eigenvalue weighted by Gasteiger charge is -2.38. The molecule has 14 rings (SSSR count). The van der Waals surface area contributed by atoms with Crippen molar-refractivity contribution in [3.8, 4) is 33.8 Å². The minimum Gasteiger partial charge on any atom is -0.446 e. The van der Waals surface area contributed by atoms with Crippen LogP contribution >= 0.6 is 0 Å².